The van der Waals surface area contributed by atoms with E-state index in [4.69, 9.17) is 0 Å². The fourth-order valence-corrected chi connectivity index (χ4v) is 2.11. The van der Waals surface area contributed by atoms with Gasteiger partial charge in [0.25, 0.3) is 0 Å². The van der Waals surface area contributed by atoms with Crippen molar-refractivity contribution < 1.29 is 17.9 Å². The SMILES string of the molecule is COC(=O)N[C@@H]1C=CS(=O)(=O)C1. The number of rotatable bonds is 1. The Balaban J connectivity index is 2.51. The summed E-state index contributed by atoms with van der Waals surface area (Å²) in [4.78, 5) is 10.6. The molecule has 1 rings (SSSR count). The highest BCUT2D eigenvalue weighted by Gasteiger charge is 2.22. The van der Waals surface area contributed by atoms with Crippen LogP contribution in [0.25, 0.3) is 0 Å². The van der Waals surface area contributed by atoms with Crippen LogP contribution in [0, 0.1) is 0 Å². The van der Waals surface area contributed by atoms with Crippen molar-refractivity contribution in [3.63, 3.8) is 0 Å². The number of carbonyl (C=O) groups excluding carboxylic acids is 1. The van der Waals surface area contributed by atoms with Crippen LogP contribution in [-0.2, 0) is 14.6 Å². The third kappa shape index (κ3) is 2.23. The first-order chi connectivity index (χ1) is 5.53. The third-order valence-corrected chi connectivity index (χ3v) is 2.81. The Morgan fingerprint density at radius 3 is 2.75 bits per heavy atom. The second kappa shape index (κ2) is 3.14. The molecular formula is C6H9NO4S. The van der Waals surface area contributed by atoms with Crippen LogP contribution in [0.4, 0.5) is 4.79 Å². The molecule has 0 aromatic carbocycles. The topological polar surface area (TPSA) is 72.5 Å². The lowest BCUT2D eigenvalue weighted by molar-refractivity contribution is 0.169. The van der Waals surface area contributed by atoms with Gasteiger partial charge in [0.15, 0.2) is 9.84 Å². The molecule has 0 fully saturated rings. The van der Waals surface area contributed by atoms with E-state index in [1.54, 1.807) is 0 Å². The largest absolute Gasteiger partial charge is 0.453 e. The first-order valence-electron chi connectivity index (χ1n) is 3.29. The van der Waals surface area contributed by atoms with Gasteiger partial charge in [0, 0.05) is 5.41 Å². The Morgan fingerprint density at radius 1 is 1.67 bits per heavy atom. The maximum Gasteiger partial charge on any atom is 0.407 e. The summed E-state index contributed by atoms with van der Waals surface area (Å²) >= 11 is 0. The van der Waals surface area contributed by atoms with Crippen molar-refractivity contribution in [1.82, 2.24) is 5.32 Å². The predicted molar refractivity (Wildman–Crippen MR) is 42.3 cm³/mol. The van der Waals surface area contributed by atoms with E-state index in [0.717, 1.165) is 5.41 Å². The Hall–Kier alpha value is -1.04. The van der Waals surface area contributed by atoms with Crippen molar-refractivity contribution in [2.24, 2.45) is 0 Å². The first kappa shape index (κ1) is 9.05. The Labute approximate surface area is 70.3 Å². The van der Waals surface area contributed by atoms with Gasteiger partial charge in [-0.15, -0.1) is 0 Å². The van der Waals surface area contributed by atoms with Crippen molar-refractivity contribution in [3.8, 4) is 0 Å². The molecule has 0 aliphatic carbocycles. The molecule has 0 spiro atoms. The van der Waals surface area contributed by atoms with Gasteiger partial charge >= 0.3 is 6.09 Å². The van der Waals surface area contributed by atoms with E-state index in [-0.39, 0.29) is 5.75 Å². The molecule has 1 aliphatic rings. The minimum Gasteiger partial charge on any atom is -0.453 e. The monoisotopic (exact) mass is 191 g/mol. The molecule has 0 radical (unpaired) electrons. The van der Waals surface area contributed by atoms with Crippen LogP contribution in [0.15, 0.2) is 11.5 Å². The molecule has 0 bridgehead atoms. The predicted octanol–water partition coefficient (Wildman–Crippen LogP) is -0.347. The van der Waals surface area contributed by atoms with Gasteiger partial charge in [0.2, 0.25) is 0 Å². The van der Waals surface area contributed by atoms with Gasteiger partial charge in [-0.1, -0.05) is 0 Å². The molecule has 1 aliphatic heterocycles. The molecular weight excluding hydrogens is 182 g/mol. The van der Waals surface area contributed by atoms with Crippen molar-refractivity contribution in [3.05, 3.63) is 11.5 Å². The molecule has 1 atom stereocenters. The minimum atomic E-state index is -3.10. The number of nitrogens with one attached hydrogen (secondary N) is 1. The lowest BCUT2D eigenvalue weighted by Crippen LogP contribution is -2.35. The number of ether oxygens (including phenoxy) is 1. The van der Waals surface area contributed by atoms with E-state index < -0.39 is 22.0 Å². The average Bonchev–Trinajstić information content (AvgIpc) is 2.30. The van der Waals surface area contributed by atoms with E-state index in [9.17, 15) is 13.2 Å². The van der Waals surface area contributed by atoms with E-state index in [2.05, 4.69) is 10.1 Å². The molecule has 0 unspecified atom stereocenters. The zero-order chi connectivity index (χ0) is 9.19. The van der Waals surface area contributed by atoms with E-state index >= 15 is 0 Å². The Morgan fingerprint density at radius 2 is 2.33 bits per heavy atom. The molecule has 0 aromatic heterocycles. The number of carbonyl (C=O) groups is 1. The molecule has 1 amide bonds. The smallest absolute Gasteiger partial charge is 0.407 e. The highest BCUT2D eigenvalue weighted by Crippen LogP contribution is 2.07. The summed E-state index contributed by atoms with van der Waals surface area (Å²) in [6, 6.07) is -0.456. The third-order valence-electron chi connectivity index (χ3n) is 1.42. The van der Waals surface area contributed by atoms with Gasteiger partial charge in [-0.2, -0.15) is 0 Å². The number of hydrogen-bond donors (Lipinski definition) is 1. The summed E-state index contributed by atoms with van der Waals surface area (Å²) in [6.07, 6.45) is 0.799. The molecule has 68 valence electrons. The molecule has 1 N–H and O–H groups in total. The number of hydrogen-bond acceptors (Lipinski definition) is 4. The van der Waals surface area contributed by atoms with Gasteiger partial charge in [0.05, 0.1) is 18.9 Å². The standard InChI is InChI=1S/C6H9NO4S/c1-11-6(8)7-5-2-3-12(9,10)4-5/h2-3,5H,4H2,1H3,(H,7,8)/t5-/m1/s1. The van der Waals surface area contributed by atoms with Crippen molar-refractivity contribution in [2.45, 2.75) is 6.04 Å². The fourth-order valence-electron chi connectivity index (χ4n) is 0.876. The van der Waals surface area contributed by atoms with Gasteiger partial charge in [0.1, 0.15) is 0 Å². The molecule has 1 heterocycles. The second-order valence-electron chi connectivity index (χ2n) is 2.40. The molecule has 0 saturated carbocycles. The van der Waals surface area contributed by atoms with Gasteiger partial charge in [-0.3, -0.25) is 0 Å². The summed E-state index contributed by atoms with van der Waals surface area (Å²) < 4.78 is 26.0. The normalized spacial score (nSPS) is 25.2. The van der Waals surface area contributed by atoms with Crippen LogP contribution in [0.1, 0.15) is 0 Å². The second-order valence-corrected chi connectivity index (χ2v) is 4.33. The molecule has 0 aromatic rings. The van der Waals surface area contributed by atoms with E-state index in [1.807, 2.05) is 0 Å². The summed E-state index contributed by atoms with van der Waals surface area (Å²) in [5, 5.41) is 3.45. The fraction of sp³-hybridized carbons (Fsp3) is 0.500. The number of methoxy groups -OCH3 is 1. The van der Waals surface area contributed by atoms with Crippen LogP contribution in [-0.4, -0.2) is 33.4 Å². The minimum absolute atomic E-state index is 0.0813. The van der Waals surface area contributed by atoms with Crippen LogP contribution in [0.2, 0.25) is 0 Å². The molecule has 6 heteroatoms. The average molecular weight is 191 g/mol. The number of sulfone groups is 1. The maximum absolute atomic E-state index is 10.8. The summed E-state index contributed by atoms with van der Waals surface area (Å²) in [5.41, 5.74) is 0. The van der Waals surface area contributed by atoms with Crippen LogP contribution in [0.5, 0.6) is 0 Å². The van der Waals surface area contributed by atoms with Crippen LogP contribution in [0.3, 0.4) is 0 Å². The summed E-state index contributed by atoms with van der Waals surface area (Å²) in [5.74, 6) is -0.0813. The van der Waals surface area contributed by atoms with Crippen LogP contribution >= 0.6 is 0 Å². The quantitative estimate of drug-likeness (QED) is 0.615. The Kier molecular flexibility index (Phi) is 2.37. The van der Waals surface area contributed by atoms with E-state index in [1.165, 1.54) is 13.2 Å². The van der Waals surface area contributed by atoms with Gasteiger partial charge < -0.3 is 10.1 Å². The van der Waals surface area contributed by atoms with Crippen molar-refractivity contribution >= 4 is 15.9 Å². The number of amides is 1. The highest BCUT2D eigenvalue weighted by molar-refractivity contribution is 7.94. The maximum atomic E-state index is 10.8. The lowest BCUT2D eigenvalue weighted by atomic mass is 10.3. The van der Waals surface area contributed by atoms with Gasteiger partial charge in [-0.05, 0) is 6.08 Å². The molecule has 12 heavy (non-hydrogen) atoms. The van der Waals surface area contributed by atoms with Crippen molar-refractivity contribution in [2.75, 3.05) is 12.9 Å². The molecule has 5 nitrogen and oxygen atoms in total. The summed E-state index contributed by atoms with van der Waals surface area (Å²) in [6.45, 7) is 0. The number of alkyl carbamates (subject to hydrolysis) is 1. The zero-order valence-corrected chi connectivity index (χ0v) is 7.30. The van der Waals surface area contributed by atoms with Crippen molar-refractivity contribution in [1.29, 1.82) is 0 Å². The Bertz CT molecular complexity index is 306. The summed E-state index contributed by atoms with van der Waals surface area (Å²) in [7, 11) is -1.88. The highest BCUT2D eigenvalue weighted by atomic mass is 32.2. The molecule has 0 saturated heterocycles. The lowest BCUT2D eigenvalue weighted by Gasteiger charge is -2.07. The van der Waals surface area contributed by atoms with Crippen LogP contribution < -0.4 is 5.32 Å². The van der Waals surface area contributed by atoms with Gasteiger partial charge in [-0.25, -0.2) is 13.2 Å². The zero-order valence-electron chi connectivity index (χ0n) is 6.48. The first-order valence-corrected chi connectivity index (χ1v) is 5.00. The van der Waals surface area contributed by atoms with E-state index in [0.29, 0.717) is 0 Å².